The molecule has 2 nitrogen and oxygen atoms in total. The van der Waals surface area contributed by atoms with Crippen molar-refractivity contribution < 1.29 is 4.39 Å². The Hall–Kier alpha value is -2.85. The second-order valence-corrected chi connectivity index (χ2v) is 6.58. The Balaban J connectivity index is 0.000000162. The van der Waals surface area contributed by atoms with Crippen LogP contribution in [0.1, 0.15) is 17.0 Å². The Labute approximate surface area is 171 Å². The molecule has 0 aliphatic heterocycles. The van der Waals surface area contributed by atoms with Crippen LogP contribution in [-0.4, -0.2) is 17.4 Å². The van der Waals surface area contributed by atoms with Gasteiger partial charge in [-0.2, -0.15) is 0 Å². The average molecular weight is 389 g/mol. The molecule has 1 heterocycles. The van der Waals surface area contributed by atoms with Crippen LogP contribution in [0.3, 0.4) is 0 Å². The lowest BCUT2D eigenvalue weighted by Gasteiger charge is -2.15. The molecule has 0 N–H and O–H groups in total. The summed E-state index contributed by atoms with van der Waals surface area (Å²) in [7, 11) is 5.84. The Bertz CT molecular complexity index is 937. The van der Waals surface area contributed by atoms with Crippen LogP contribution in [-0.2, 0) is 0 Å². The van der Waals surface area contributed by atoms with E-state index in [0.29, 0.717) is 17.3 Å². The first-order valence-corrected chi connectivity index (χ1v) is 9.30. The van der Waals surface area contributed by atoms with Crippen LogP contribution in [0.4, 0.5) is 4.39 Å². The van der Waals surface area contributed by atoms with Gasteiger partial charge < -0.3 is 4.57 Å². The maximum Gasteiger partial charge on any atom is 0.124 e. The molecule has 0 atom stereocenters. The highest BCUT2D eigenvalue weighted by molar-refractivity contribution is 6.32. The summed E-state index contributed by atoms with van der Waals surface area (Å²) in [4.78, 5) is 3.87. The van der Waals surface area contributed by atoms with Gasteiger partial charge in [-0.1, -0.05) is 78.6 Å². The van der Waals surface area contributed by atoms with Gasteiger partial charge in [0, 0.05) is 18.3 Å². The maximum absolute atomic E-state index is 12.7. The number of benzene rings is 3. The molecule has 5 heteroatoms. The van der Waals surface area contributed by atoms with Gasteiger partial charge in [-0.15, -0.1) is 0 Å². The van der Waals surface area contributed by atoms with Crippen LogP contribution in [0, 0.1) is 5.82 Å². The summed E-state index contributed by atoms with van der Waals surface area (Å²) >= 11 is 5.83. The molecule has 0 saturated carbocycles. The monoisotopic (exact) mass is 388 g/mol. The standard InChI is InChI=1S/C14H13B.C9H6ClFN2/c15-11-14(12-7-3-1-4-8-12)13-9-5-2-6-10-13;10-8-5-7(11)1-2-9(8)13-4-3-12-6-13/h1-10,14H,11H2;1-6H. The predicted molar refractivity (Wildman–Crippen MR) is 114 cm³/mol. The lowest BCUT2D eigenvalue weighted by Crippen LogP contribution is -1.99. The SMILES string of the molecule is Fc1ccc(-n2ccnc2)c(Cl)c1.[B]CC(c1ccccc1)c1ccccc1. The number of aromatic nitrogens is 2. The van der Waals surface area contributed by atoms with Crippen LogP contribution in [0.2, 0.25) is 11.3 Å². The highest BCUT2D eigenvalue weighted by Crippen LogP contribution is 2.26. The third kappa shape index (κ3) is 5.11. The van der Waals surface area contributed by atoms with E-state index in [2.05, 4.69) is 53.5 Å². The van der Waals surface area contributed by atoms with Gasteiger partial charge in [-0.05, 0) is 29.3 Å². The van der Waals surface area contributed by atoms with Gasteiger partial charge in [-0.25, -0.2) is 9.37 Å². The zero-order valence-corrected chi connectivity index (χ0v) is 16.0. The topological polar surface area (TPSA) is 17.8 Å². The van der Waals surface area contributed by atoms with Gasteiger partial charge in [0.1, 0.15) is 5.82 Å². The maximum atomic E-state index is 12.7. The predicted octanol–water partition coefficient (Wildman–Crippen LogP) is 6.07. The summed E-state index contributed by atoms with van der Waals surface area (Å²) in [6, 6.07) is 25.1. The Morgan fingerprint density at radius 1 is 0.929 bits per heavy atom. The summed E-state index contributed by atoms with van der Waals surface area (Å²) in [5, 5.41) is 0.373. The number of nitrogens with zero attached hydrogens (tertiary/aromatic N) is 2. The Morgan fingerprint density at radius 2 is 1.54 bits per heavy atom. The average Bonchev–Trinajstić information content (AvgIpc) is 3.25. The minimum absolute atomic E-state index is 0.312. The van der Waals surface area contributed by atoms with E-state index in [-0.39, 0.29) is 5.82 Å². The van der Waals surface area contributed by atoms with Crippen molar-refractivity contribution >= 4 is 19.4 Å². The van der Waals surface area contributed by atoms with E-state index in [1.807, 2.05) is 12.1 Å². The molecule has 28 heavy (non-hydrogen) atoms. The summed E-state index contributed by atoms with van der Waals surface area (Å²) in [6.45, 7) is 0. The number of hydrogen-bond acceptors (Lipinski definition) is 1. The van der Waals surface area contributed by atoms with Gasteiger partial charge in [0.2, 0.25) is 0 Å². The zero-order valence-electron chi connectivity index (χ0n) is 15.2. The van der Waals surface area contributed by atoms with Crippen molar-refractivity contribution in [1.82, 2.24) is 9.55 Å². The third-order valence-corrected chi connectivity index (χ3v) is 4.63. The normalized spacial score (nSPS) is 10.4. The molecule has 4 rings (SSSR count). The van der Waals surface area contributed by atoms with Crippen molar-refractivity contribution in [1.29, 1.82) is 0 Å². The number of halogens is 2. The molecule has 0 amide bonds. The summed E-state index contributed by atoms with van der Waals surface area (Å²) in [6.07, 6.45) is 5.64. The molecule has 0 spiro atoms. The van der Waals surface area contributed by atoms with E-state index >= 15 is 0 Å². The molecule has 3 aromatic carbocycles. The fourth-order valence-electron chi connectivity index (χ4n) is 2.93. The van der Waals surface area contributed by atoms with E-state index in [1.165, 1.54) is 23.3 Å². The van der Waals surface area contributed by atoms with Crippen molar-refractivity contribution in [3.8, 4) is 5.69 Å². The van der Waals surface area contributed by atoms with Crippen molar-refractivity contribution in [3.05, 3.63) is 120 Å². The fraction of sp³-hybridized carbons (Fsp3) is 0.0870. The van der Waals surface area contributed by atoms with E-state index < -0.39 is 0 Å². The van der Waals surface area contributed by atoms with Gasteiger partial charge in [0.15, 0.2) is 0 Å². The zero-order chi connectivity index (χ0) is 19.8. The summed E-state index contributed by atoms with van der Waals surface area (Å²) < 4.78 is 14.4. The number of hydrogen-bond donors (Lipinski definition) is 0. The molecule has 0 fully saturated rings. The Kier molecular flexibility index (Phi) is 7.04. The van der Waals surface area contributed by atoms with Crippen LogP contribution in [0.5, 0.6) is 0 Å². The van der Waals surface area contributed by atoms with E-state index in [4.69, 9.17) is 19.4 Å². The van der Waals surface area contributed by atoms with E-state index in [0.717, 1.165) is 5.69 Å². The smallest absolute Gasteiger partial charge is 0.124 e. The Morgan fingerprint density at radius 3 is 2.00 bits per heavy atom. The molecule has 0 aliphatic rings. The van der Waals surface area contributed by atoms with Crippen LogP contribution in [0.25, 0.3) is 5.69 Å². The molecule has 0 saturated heterocycles. The van der Waals surface area contributed by atoms with Gasteiger partial charge >= 0.3 is 0 Å². The van der Waals surface area contributed by atoms with Crippen LogP contribution in [0.15, 0.2) is 97.6 Å². The van der Waals surface area contributed by atoms with Crippen LogP contribution < -0.4 is 0 Å². The van der Waals surface area contributed by atoms with E-state index in [9.17, 15) is 4.39 Å². The van der Waals surface area contributed by atoms with Gasteiger partial charge in [0.25, 0.3) is 0 Å². The molecule has 2 radical (unpaired) electrons. The van der Waals surface area contributed by atoms with E-state index in [1.54, 1.807) is 29.4 Å². The highest BCUT2D eigenvalue weighted by atomic mass is 35.5. The molecular formula is C23H19BClFN2. The molecule has 138 valence electrons. The molecule has 0 bridgehead atoms. The third-order valence-electron chi connectivity index (χ3n) is 4.33. The van der Waals surface area contributed by atoms with Crippen molar-refractivity contribution in [3.63, 3.8) is 0 Å². The second kappa shape index (κ2) is 9.91. The summed E-state index contributed by atoms with van der Waals surface area (Å²) in [5.74, 6) is -0.0266. The molecule has 0 aliphatic carbocycles. The molecule has 4 aromatic rings. The molecule has 0 unspecified atom stereocenters. The summed E-state index contributed by atoms with van der Waals surface area (Å²) in [5.41, 5.74) is 3.29. The first-order chi connectivity index (χ1) is 13.7. The molecule has 1 aromatic heterocycles. The second-order valence-electron chi connectivity index (χ2n) is 6.18. The fourth-order valence-corrected chi connectivity index (χ4v) is 3.19. The van der Waals surface area contributed by atoms with Crippen molar-refractivity contribution in [2.45, 2.75) is 12.2 Å². The highest BCUT2D eigenvalue weighted by Gasteiger charge is 2.09. The van der Waals surface area contributed by atoms with Crippen LogP contribution >= 0.6 is 11.6 Å². The largest absolute Gasteiger partial charge is 0.305 e. The minimum atomic E-state index is -0.339. The van der Waals surface area contributed by atoms with Crippen molar-refractivity contribution in [2.24, 2.45) is 0 Å². The number of rotatable bonds is 4. The van der Waals surface area contributed by atoms with Gasteiger partial charge in [-0.3, -0.25) is 0 Å². The lowest BCUT2D eigenvalue weighted by atomic mass is 9.81. The molecular weight excluding hydrogens is 370 g/mol. The van der Waals surface area contributed by atoms with Crippen molar-refractivity contribution in [2.75, 3.05) is 0 Å². The first-order valence-electron chi connectivity index (χ1n) is 8.92. The first kappa shape index (κ1) is 19.9. The lowest BCUT2D eigenvalue weighted by molar-refractivity contribution is 0.627. The number of imidazole rings is 1. The van der Waals surface area contributed by atoms with Gasteiger partial charge in [0.05, 0.1) is 24.9 Å². The minimum Gasteiger partial charge on any atom is -0.305 e. The quantitative estimate of drug-likeness (QED) is 0.388.